The van der Waals surface area contributed by atoms with Crippen LogP contribution in [0.1, 0.15) is 12.6 Å². The summed E-state index contributed by atoms with van der Waals surface area (Å²) < 4.78 is 32.2. The SMILES string of the molecule is COC(=O)[C@H](Cc1ccc(Cl)cn1)N1CCN(S(=O)(=O)c2ccccc2[N+](=O)[O-])[C@@H](C)C1=O. The minimum absolute atomic E-state index is 0.0409. The monoisotopic (exact) mass is 496 g/mol. The summed E-state index contributed by atoms with van der Waals surface area (Å²) in [5.74, 6) is -1.31. The summed E-state index contributed by atoms with van der Waals surface area (Å²) >= 11 is 5.85. The molecule has 3 rings (SSSR count). The Morgan fingerprint density at radius 3 is 2.61 bits per heavy atom. The molecule has 1 aliphatic rings. The van der Waals surface area contributed by atoms with Crippen LogP contribution in [0.2, 0.25) is 5.02 Å². The molecule has 176 valence electrons. The van der Waals surface area contributed by atoms with Crippen LogP contribution in [0.15, 0.2) is 47.5 Å². The van der Waals surface area contributed by atoms with Crippen molar-refractivity contribution in [3.05, 3.63) is 63.4 Å². The first-order valence-corrected chi connectivity index (χ1v) is 11.6. The second-order valence-corrected chi connectivity index (χ2v) is 9.55. The van der Waals surface area contributed by atoms with E-state index in [4.69, 9.17) is 16.3 Å². The first-order chi connectivity index (χ1) is 15.6. The summed E-state index contributed by atoms with van der Waals surface area (Å²) in [6.07, 6.45) is 1.45. The minimum atomic E-state index is -4.36. The Morgan fingerprint density at radius 2 is 2.00 bits per heavy atom. The number of hydrogen-bond donors (Lipinski definition) is 0. The van der Waals surface area contributed by atoms with Crippen molar-refractivity contribution in [2.24, 2.45) is 0 Å². The number of esters is 1. The number of nitrogens with zero attached hydrogens (tertiary/aromatic N) is 4. The number of pyridine rings is 1. The van der Waals surface area contributed by atoms with E-state index in [0.717, 1.165) is 16.4 Å². The molecule has 1 aromatic carbocycles. The number of benzene rings is 1. The maximum absolute atomic E-state index is 13.2. The smallest absolute Gasteiger partial charge is 0.328 e. The van der Waals surface area contributed by atoms with E-state index < -0.39 is 49.5 Å². The van der Waals surface area contributed by atoms with Gasteiger partial charge in [-0.3, -0.25) is 19.9 Å². The van der Waals surface area contributed by atoms with Gasteiger partial charge in [0.2, 0.25) is 5.91 Å². The highest BCUT2D eigenvalue weighted by molar-refractivity contribution is 7.89. The number of para-hydroxylation sites is 1. The number of amides is 1. The zero-order chi connectivity index (χ0) is 24.3. The molecule has 0 saturated carbocycles. The lowest BCUT2D eigenvalue weighted by Gasteiger charge is -2.40. The molecule has 2 atom stereocenters. The molecule has 0 aliphatic carbocycles. The van der Waals surface area contributed by atoms with Gasteiger partial charge in [-0.25, -0.2) is 13.2 Å². The zero-order valence-electron chi connectivity index (χ0n) is 17.8. The van der Waals surface area contributed by atoms with Crippen LogP contribution in [0.5, 0.6) is 0 Å². The predicted molar refractivity (Wildman–Crippen MR) is 117 cm³/mol. The van der Waals surface area contributed by atoms with Crippen LogP contribution in [-0.2, 0) is 30.8 Å². The highest BCUT2D eigenvalue weighted by Gasteiger charge is 2.44. The molecule has 1 aliphatic heterocycles. The third kappa shape index (κ3) is 4.97. The molecule has 1 amide bonds. The molecule has 0 bridgehead atoms. The highest BCUT2D eigenvalue weighted by Crippen LogP contribution is 2.29. The number of nitro benzene ring substituents is 1. The average molecular weight is 497 g/mol. The molecule has 1 aromatic heterocycles. The molecule has 2 heterocycles. The van der Waals surface area contributed by atoms with E-state index in [0.29, 0.717) is 10.7 Å². The van der Waals surface area contributed by atoms with Gasteiger partial charge in [0.15, 0.2) is 4.90 Å². The first-order valence-electron chi connectivity index (χ1n) is 9.82. The largest absolute Gasteiger partial charge is 0.467 e. The molecule has 13 heteroatoms. The van der Waals surface area contributed by atoms with Crippen LogP contribution in [-0.4, -0.2) is 71.7 Å². The minimum Gasteiger partial charge on any atom is -0.467 e. The maximum atomic E-state index is 13.2. The van der Waals surface area contributed by atoms with Gasteiger partial charge < -0.3 is 9.64 Å². The highest BCUT2D eigenvalue weighted by atomic mass is 35.5. The quantitative estimate of drug-likeness (QED) is 0.320. The van der Waals surface area contributed by atoms with E-state index in [1.54, 1.807) is 12.1 Å². The third-order valence-corrected chi connectivity index (χ3v) is 7.56. The number of halogens is 1. The van der Waals surface area contributed by atoms with Crippen molar-refractivity contribution >= 4 is 39.2 Å². The van der Waals surface area contributed by atoms with Crippen molar-refractivity contribution in [1.82, 2.24) is 14.2 Å². The van der Waals surface area contributed by atoms with Gasteiger partial charge >= 0.3 is 5.97 Å². The van der Waals surface area contributed by atoms with Crippen molar-refractivity contribution in [2.45, 2.75) is 30.3 Å². The topological polar surface area (TPSA) is 140 Å². The number of carbonyl (C=O) groups excluding carboxylic acids is 2. The number of hydrogen-bond acceptors (Lipinski definition) is 8. The zero-order valence-corrected chi connectivity index (χ0v) is 19.3. The number of ether oxygens (including phenoxy) is 1. The lowest BCUT2D eigenvalue weighted by atomic mass is 10.1. The van der Waals surface area contributed by atoms with Gasteiger partial charge in [-0.15, -0.1) is 0 Å². The molecular weight excluding hydrogens is 476 g/mol. The maximum Gasteiger partial charge on any atom is 0.328 e. The molecule has 1 saturated heterocycles. The van der Waals surface area contributed by atoms with Gasteiger partial charge in [0.1, 0.15) is 12.1 Å². The fraction of sp³-hybridized carbons (Fsp3) is 0.350. The Kier molecular flexibility index (Phi) is 7.30. The predicted octanol–water partition coefficient (Wildman–Crippen LogP) is 1.65. The lowest BCUT2D eigenvalue weighted by Crippen LogP contribution is -2.61. The average Bonchev–Trinajstić information content (AvgIpc) is 2.80. The second-order valence-electron chi connectivity index (χ2n) is 7.26. The van der Waals surface area contributed by atoms with Crippen molar-refractivity contribution in [1.29, 1.82) is 0 Å². The molecular formula is C20H21ClN4O7S. The van der Waals surface area contributed by atoms with Gasteiger partial charge in [0.05, 0.1) is 17.1 Å². The van der Waals surface area contributed by atoms with Crippen LogP contribution in [0, 0.1) is 10.1 Å². The molecule has 0 N–H and O–H groups in total. The van der Waals surface area contributed by atoms with Crippen LogP contribution in [0.25, 0.3) is 0 Å². The third-order valence-electron chi connectivity index (χ3n) is 5.32. The Balaban J connectivity index is 1.89. The Labute approximate surface area is 195 Å². The molecule has 33 heavy (non-hydrogen) atoms. The van der Waals surface area contributed by atoms with E-state index in [-0.39, 0.29) is 19.5 Å². The van der Waals surface area contributed by atoms with Gasteiger partial charge in [-0.1, -0.05) is 23.7 Å². The molecule has 1 fully saturated rings. The van der Waals surface area contributed by atoms with Gasteiger partial charge in [0.25, 0.3) is 15.7 Å². The van der Waals surface area contributed by atoms with Crippen molar-refractivity contribution in [3.8, 4) is 0 Å². The van der Waals surface area contributed by atoms with Gasteiger partial charge in [-0.2, -0.15) is 4.31 Å². The molecule has 0 radical (unpaired) electrons. The fourth-order valence-corrected chi connectivity index (χ4v) is 5.50. The van der Waals surface area contributed by atoms with E-state index in [2.05, 4.69) is 4.98 Å². The Morgan fingerprint density at radius 1 is 1.30 bits per heavy atom. The number of piperazine rings is 1. The number of sulfonamides is 1. The summed E-state index contributed by atoms with van der Waals surface area (Å²) in [4.78, 5) is 41.1. The van der Waals surface area contributed by atoms with Crippen LogP contribution in [0.3, 0.4) is 0 Å². The number of rotatable bonds is 7. The Hall–Kier alpha value is -3.09. The standard InChI is InChI=1S/C20H21ClN4O7S/c1-13-19(26)23(17(20(27)32-2)11-15-8-7-14(21)12-22-15)9-10-24(13)33(30,31)18-6-4-3-5-16(18)25(28)29/h3-8,12-13,17H,9-11H2,1-2H3/t13-,17-/m0/s1. The van der Waals surface area contributed by atoms with Crippen molar-refractivity contribution in [2.75, 3.05) is 20.2 Å². The summed E-state index contributed by atoms with van der Waals surface area (Å²) in [5, 5.41) is 11.7. The normalized spacial score (nSPS) is 18.1. The van der Waals surface area contributed by atoms with Crippen LogP contribution in [0.4, 0.5) is 5.69 Å². The summed E-state index contributed by atoms with van der Waals surface area (Å²) in [6, 6.07) is 5.91. The molecule has 0 spiro atoms. The van der Waals surface area contributed by atoms with E-state index in [1.165, 1.54) is 37.3 Å². The first kappa shape index (κ1) is 24.6. The number of aromatic nitrogens is 1. The van der Waals surface area contributed by atoms with Crippen LogP contribution >= 0.6 is 11.6 Å². The summed E-state index contributed by atoms with van der Waals surface area (Å²) in [5.41, 5.74) is -0.0916. The van der Waals surface area contributed by atoms with Crippen molar-refractivity contribution < 1.29 is 27.7 Å². The van der Waals surface area contributed by atoms with E-state index >= 15 is 0 Å². The van der Waals surface area contributed by atoms with Gasteiger partial charge in [-0.05, 0) is 25.1 Å². The van der Waals surface area contributed by atoms with Gasteiger partial charge in [0, 0.05) is 37.5 Å². The van der Waals surface area contributed by atoms with E-state index in [1.807, 2.05) is 0 Å². The second kappa shape index (κ2) is 9.81. The molecule has 2 aromatic rings. The van der Waals surface area contributed by atoms with Crippen molar-refractivity contribution in [3.63, 3.8) is 0 Å². The lowest BCUT2D eigenvalue weighted by molar-refractivity contribution is -0.387. The van der Waals surface area contributed by atoms with E-state index in [9.17, 15) is 28.1 Å². The number of methoxy groups -OCH3 is 1. The summed E-state index contributed by atoms with van der Waals surface area (Å²) in [7, 11) is -3.17. The Bertz CT molecular complexity index is 1170. The number of nitro groups is 1. The molecule has 0 unspecified atom stereocenters. The number of carbonyl (C=O) groups is 2. The fourth-order valence-electron chi connectivity index (χ4n) is 3.65. The summed E-state index contributed by atoms with van der Waals surface area (Å²) in [6.45, 7) is 1.09. The molecule has 11 nitrogen and oxygen atoms in total. The van der Waals surface area contributed by atoms with Crippen LogP contribution < -0.4 is 0 Å².